The Morgan fingerprint density at radius 3 is 3.00 bits per heavy atom. The van der Waals surface area contributed by atoms with Crippen LogP contribution in [0.4, 0.5) is 0 Å². The van der Waals surface area contributed by atoms with Crippen molar-refractivity contribution in [1.82, 2.24) is 19.9 Å². The van der Waals surface area contributed by atoms with Crippen LogP contribution in [-0.2, 0) is 5.75 Å². The van der Waals surface area contributed by atoms with Gasteiger partial charge in [0.1, 0.15) is 11.9 Å². The van der Waals surface area contributed by atoms with Crippen LogP contribution in [-0.4, -0.2) is 31.0 Å². The zero-order valence-corrected chi connectivity index (χ0v) is 9.85. The number of aromatic nitrogens is 4. The van der Waals surface area contributed by atoms with Crippen molar-refractivity contribution in [2.45, 2.75) is 10.9 Å². The van der Waals surface area contributed by atoms with E-state index in [2.05, 4.69) is 19.9 Å². The molecule has 0 saturated heterocycles. The summed E-state index contributed by atoms with van der Waals surface area (Å²) in [6.45, 7) is 0. The minimum absolute atomic E-state index is 0.0447. The highest BCUT2D eigenvalue weighted by Gasteiger charge is 2.11. The zero-order chi connectivity index (χ0) is 13.0. The molecule has 2 aromatic heterocycles. The molecule has 0 amide bonds. The number of aromatic carboxylic acids is 1. The molecule has 2 rings (SSSR count). The van der Waals surface area contributed by atoms with Gasteiger partial charge >= 0.3 is 5.97 Å². The van der Waals surface area contributed by atoms with E-state index in [1.54, 1.807) is 0 Å². The number of carboxylic acids is 1. The van der Waals surface area contributed by atoms with Gasteiger partial charge in [0.15, 0.2) is 5.16 Å². The van der Waals surface area contributed by atoms with Gasteiger partial charge in [0, 0.05) is 24.2 Å². The minimum atomic E-state index is -1.08. The van der Waals surface area contributed by atoms with Crippen molar-refractivity contribution in [2.75, 3.05) is 0 Å². The molecule has 18 heavy (non-hydrogen) atoms. The van der Waals surface area contributed by atoms with Crippen LogP contribution in [0.5, 0.6) is 0 Å². The fourth-order valence-electron chi connectivity index (χ4n) is 1.21. The summed E-state index contributed by atoms with van der Waals surface area (Å²) in [7, 11) is 0. The van der Waals surface area contributed by atoms with Gasteiger partial charge in [0.25, 0.3) is 5.56 Å². The van der Waals surface area contributed by atoms with E-state index in [1.165, 1.54) is 36.5 Å². The monoisotopic (exact) mass is 264 g/mol. The Labute approximate surface area is 105 Å². The van der Waals surface area contributed by atoms with Gasteiger partial charge in [-0.1, -0.05) is 11.8 Å². The topological polar surface area (TPSA) is 109 Å². The number of carboxylic acid groups (broad SMARTS) is 1. The number of H-pyrrole nitrogens is 1. The van der Waals surface area contributed by atoms with Crippen molar-refractivity contribution in [1.29, 1.82) is 0 Å². The lowest BCUT2D eigenvalue weighted by Gasteiger charge is -2.03. The number of rotatable bonds is 4. The summed E-state index contributed by atoms with van der Waals surface area (Å²) in [4.78, 5) is 36.0. The summed E-state index contributed by atoms with van der Waals surface area (Å²) in [6.07, 6.45) is 3.91. The van der Waals surface area contributed by atoms with Gasteiger partial charge in [-0.2, -0.15) is 0 Å². The van der Waals surface area contributed by atoms with Crippen molar-refractivity contribution < 1.29 is 9.90 Å². The molecule has 92 valence electrons. The number of aromatic amines is 1. The first-order valence-corrected chi connectivity index (χ1v) is 5.85. The van der Waals surface area contributed by atoms with E-state index in [1.807, 2.05) is 0 Å². The van der Waals surface area contributed by atoms with Crippen LogP contribution in [0.3, 0.4) is 0 Å². The third-order valence-corrected chi connectivity index (χ3v) is 2.92. The highest BCUT2D eigenvalue weighted by Crippen LogP contribution is 2.18. The molecule has 8 heteroatoms. The molecule has 0 unspecified atom stereocenters. The fraction of sp³-hybridized carbons (Fsp3) is 0.100. The molecule has 2 heterocycles. The van der Waals surface area contributed by atoms with E-state index >= 15 is 0 Å². The van der Waals surface area contributed by atoms with Crippen LogP contribution in [0, 0.1) is 0 Å². The molecule has 0 spiro atoms. The van der Waals surface area contributed by atoms with E-state index in [-0.39, 0.29) is 16.9 Å². The lowest BCUT2D eigenvalue weighted by molar-refractivity contribution is 0.0695. The van der Waals surface area contributed by atoms with E-state index in [9.17, 15) is 9.59 Å². The predicted molar refractivity (Wildman–Crippen MR) is 63.4 cm³/mol. The Kier molecular flexibility index (Phi) is 3.68. The fourth-order valence-corrected chi connectivity index (χ4v) is 2.02. The molecule has 0 aliphatic carbocycles. The molecule has 0 aromatic carbocycles. The highest BCUT2D eigenvalue weighted by molar-refractivity contribution is 7.98. The smallest absolute Gasteiger partial charge is 0.339 e. The van der Waals surface area contributed by atoms with Gasteiger partial charge < -0.3 is 10.1 Å². The first-order chi connectivity index (χ1) is 8.66. The molecule has 7 nitrogen and oxygen atoms in total. The summed E-state index contributed by atoms with van der Waals surface area (Å²) in [5.41, 5.74) is 0.172. The molecule has 2 N–H and O–H groups in total. The third kappa shape index (κ3) is 2.92. The van der Waals surface area contributed by atoms with Crippen molar-refractivity contribution in [3.63, 3.8) is 0 Å². The highest BCUT2D eigenvalue weighted by atomic mass is 32.2. The van der Waals surface area contributed by atoms with E-state index < -0.39 is 5.97 Å². The SMILES string of the molecule is O=C(O)c1cncnc1CSc1nccc(=O)[nH]1. The number of hydrogen-bond donors (Lipinski definition) is 2. The van der Waals surface area contributed by atoms with Crippen LogP contribution in [0.2, 0.25) is 0 Å². The lowest BCUT2D eigenvalue weighted by atomic mass is 10.2. The summed E-state index contributed by atoms with van der Waals surface area (Å²) >= 11 is 1.20. The van der Waals surface area contributed by atoms with E-state index in [0.717, 1.165) is 0 Å². The van der Waals surface area contributed by atoms with E-state index in [4.69, 9.17) is 5.11 Å². The summed E-state index contributed by atoms with van der Waals surface area (Å²) in [5, 5.41) is 9.36. The first kappa shape index (κ1) is 12.2. The zero-order valence-electron chi connectivity index (χ0n) is 9.03. The predicted octanol–water partition coefficient (Wildman–Crippen LogP) is 0.550. The summed E-state index contributed by atoms with van der Waals surface area (Å²) in [6, 6.07) is 1.30. The number of nitrogens with zero attached hydrogens (tertiary/aromatic N) is 3. The molecule has 0 bridgehead atoms. The Balaban J connectivity index is 2.16. The van der Waals surface area contributed by atoms with Gasteiger partial charge in [-0.3, -0.25) is 4.79 Å². The van der Waals surface area contributed by atoms with Crippen LogP contribution >= 0.6 is 11.8 Å². The Hall–Kier alpha value is -2.22. The van der Waals surface area contributed by atoms with Crippen molar-refractivity contribution in [3.05, 3.63) is 46.4 Å². The number of hydrogen-bond acceptors (Lipinski definition) is 6. The second kappa shape index (κ2) is 5.41. The molecule has 0 aliphatic rings. The Bertz CT molecular complexity index is 628. The largest absolute Gasteiger partial charge is 0.478 e. The van der Waals surface area contributed by atoms with Gasteiger partial charge in [-0.25, -0.2) is 19.7 Å². The summed E-state index contributed by atoms with van der Waals surface area (Å²) in [5.74, 6) is -0.794. The Morgan fingerprint density at radius 2 is 2.28 bits per heavy atom. The van der Waals surface area contributed by atoms with Crippen LogP contribution in [0.25, 0.3) is 0 Å². The second-order valence-corrected chi connectivity index (χ2v) is 4.18. The molecule has 0 atom stereocenters. The van der Waals surface area contributed by atoms with E-state index in [0.29, 0.717) is 10.9 Å². The second-order valence-electron chi connectivity index (χ2n) is 3.22. The maximum atomic E-state index is 11.0. The number of carbonyl (C=O) groups is 1. The van der Waals surface area contributed by atoms with Crippen LogP contribution < -0.4 is 5.56 Å². The van der Waals surface area contributed by atoms with Gasteiger partial charge in [-0.05, 0) is 0 Å². The summed E-state index contributed by atoms with van der Waals surface area (Å²) < 4.78 is 0. The molecule has 2 aromatic rings. The van der Waals surface area contributed by atoms with Crippen molar-refractivity contribution in [3.8, 4) is 0 Å². The standard InChI is InChI=1S/C10H8N4O3S/c15-8-1-2-12-10(14-8)18-4-7-6(9(16)17)3-11-5-13-7/h1-3,5H,4H2,(H,16,17)(H,12,14,15). The molecule has 0 aliphatic heterocycles. The lowest BCUT2D eigenvalue weighted by Crippen LogP contribution is -2.07. The molecule has 0 saturated carbocycles. The first-order valence-electron chi connectivity index (χ1n) is 4.87. The number of thioether (sulfide) groups is 1. The molecular weight excluding hydrogens is 256 g/mol. The Morgan fingerprint density at radius 1 is 1.44 bits per heavy atom. The van der Waals surface area contributed by atoms with Gasteiger partial charge in [0.05, 0.1) is 5.69 Å². The van der Waals surface area contributed by atoms with Crippen molar-refractivity contribution in [2.24, 2.45) is 0 Å². The number of nitrogens with one attached hydrogen (secondary N) is 1. The van der Waals surface area contributed by atoms with Crippen molar-refractivity contribution >= 4 is 17.7 Å². The third-order valence-electron chi connectivity index (χ3n) is 2.02. The minimum Gasteiger partial charge on any atom is -0.478 e. The van der Waals surface area contributed by atoms with Crippen LogP contribution in [0.1, 0.15) is 16.1 Å². The molecule has 0 fully saturated rings. The van der Waals surface area contributed by atoms with Gasteiger partial charge in [-0.15, -0.1) is 0 Å². The molecule has 0 radical (unpaired) electrons. The quantitative estimate of drug-likeness (QED) is 0.613. The average Bonchev–Trinajstić information content (AvgIpc) is 2.37. The van der Waals surface area contributed by atoms with Gasteiger partial charge in [0.2, 0.25) is 0 Å². The maximum absolute atomic E-state index is 11.0. The van der Waals surface area contributed by atoms with Crippen LogP contribution in [0.15, 0.2) is 34.7 Å². The normalized spacial score (nSPS) is 10.2. The molecular formula is C10H8N4O3S. The average molecular weight is 264 g/mol. The maximum Gasteiger partial charge on any atom is 0.339 e.